The van der Waals surface area contributed by atoms with Crippen LogP contribution < -0.4 is 5.32 Å². The molecule has 5 nitrogen and oxygen atoms in total. The zero-order chi connectivity index (χ0) is 16.2. The van der Waals surface area contributed by atoms with Crippen molar-refractivity contribution in [1.82, 2.24) is 10.3 Å². The molecule has 23 heavy (non-hydrogen) atoms. The summed E-state index contributed by atoms with van der Waals surface area (Å²) in [4.78, 5) is 16.3. The predicted octanol–water partition coefficient (Wildman–Crippen LogP) is 2.01. The van der Waals surface area contributed by atoms with Crippen LogP contribution in [-0.2, 0) is 11.3 Å². The van der Waals surface area contributed by atoms with E-state index in [0.29, 0.717) is 11.6 Å². The minimum atomic E-state index is -1.56. The van der Waals surface area contributed by atoms with Crippen LogP contribution in [-0.4, -0.2) is 27.2 Å². The molecule has 0 aliphatic carbocycles. The zero-order valence-corrected chi connectivity index (χ0v) is 13.0. The summed E-state index contributed by atoms with van der Waals surface area (Å²) >= 11 is 1.26. The van der Waals surface area contributed by atoms with Crippen molar-refractivity contribution < 1.29 is 15.0 Å². The summed E-state index contributed by atoms with van der Waals surface area (Å²) in [6.07, 6.45) is -2.90. The third kappa shape index (κ3) is 3.56. The molecule has 0 aliphatic rings. The fourth-order valence-electron chi connectivity index (χ4n) is 2.18. The highest BCUT2D eigenvalue weighted by Crippen LogP contribution is 2.27. The third-order valence-corrected chi connectivity index (χ3v) is 4.55. The lowest BCUT2D eigenvalue weighted by Crippen LogP contribution is -2.38. The first-order valence-corrected chi connectivity index (χ1v) is 8.00. The fourth-order valence-corrected chi connectivity index (χ4v) is 3.17. The summed E-state index contributed by atoms with van der Waals surface area (Å²) in [6, 6.07) is 16.8. The van der Waals surface area contributed by atoms with Gasteiger partial charge in [0, 0.05) is 6.54 Å². The first-order chi connectivity index (χ1) is 11.1. The van der Waals surface area contributed by atoms with Crippen LogP contribution in [0.5, 0.6) is 0 Å². The Hall–Kier alpha value is -2.28. The quantitative estimate of drug-likeness (QED) is 0.669. The van der Waals surface area contributed by atoms with Crippen molar-refractivity contribution in [2.45, 2.75) is 18.8 Å². The van der Waals surface area contributed by atoms with E-state index < -0.39 is 18.1 Å². The van der Waals surface area contributed by atoms with Crippen LogP contribution in [0.2, 0.25) is 0 Å². The Kier molecular flexibility index (Phi) is 4.66. The lowest BCUT2D eigenvalue weighted by molar-refractivity contribution is -0.135. The molecule has 0 saturated heterocycles. The van der Waals surface area contributed by atoms with Gasteiger partial charge in [-0.1, -0.05) is 42.5 Å². The summed E-state index contributed by atoms with van der Waals surface area (Å²) in [6.45, 7) is 0.295. The number of rotatable bonds is 5. The summed E-state index contributed by atoms with van der Waals surface area (Å²) in [7, 11) is 0. The molecule has 3 N–H and O–H groups in total. The molecule has 1 aromatic heterocycles. The van der Waals surface area contributed by atoms with Crippen molar-refractivity contribution in [2.24, 2.45) is 0 Å². The smallest absolute Gasteiger partial charge is 0.252 e. The molecule has 0 saturated carbocycles. The fraction of sp³-hybridized carbons (Fsp3) is 0.176. The molecule has 2 aromatic carbocycles. The number of hydrogen-bond acceptors (Lipinski definition) is 5. The highest BCUT2D eigenvalue weighted by Gasteiger charge is 2.28. The predicted molar refractivity (Wildman–Crippen MR) is 88.9 cm³/mol. The van der Waals surface area contributed by atoms with Gasteiger partial charge in [0.15, 0.2) is 6.10 Å². The molecule has 6 heteroatoms. The Morgan fingerprint density at radius 2 is 1.78 bits per heavy atom. The normalized spacial score (nSPS) is 13.7. The van der Waals surface area contributed by atoms with Crippen LogP contribution in [0.4, 0.5) is 0 Å². The summed E-state index contributed by atoms with van der Waals surface area (Å²) in [5.41, 5.74) is 1.66. The van der Waals surface area contributed by atoms with E-state index in [4.69, 9.17) is 0 Å². The van der Waals surface area contributed by atoms with Crippen molar-refractivity contribution >= 4 is 27.5 Å². The van der Waals surface area contributed by atoms with Crippen LogP contribution in [0.25, 0.3) is 10.2 Å². The number of aliphatic hydroxyl groups excluding tert-OH is 2. The molecule has 0 aliphatic heterocycles. The second kappa shape index (κ2) is 6.87. The molecule has 0 radical (unpaired) electrons. The van der Waals surface area contributed by atoms with Crippen molar-refractivity contribution in [1.29, 1.82) is 0 Å². The van der Waals surface area contributed by atoms with E-state index in [1.807, 2.05) is 54.6 Å². The molecule has 0 spiro atoms. The Morgan fingerprint density at radius 1 is 1.09 bits per heavy atom. The number of amides is 1. The van der Waals surface area contributed by atoms with Gasteiger partial charge < -0.3 is 15.5 Å². The first-order valence-electron chi connectivity index (χ1n) is 7.18. The average Bonchev–Trinajstić information content (AvgIpc) is 3.03. The molecular weight excluding hydrogens is 312 g/mol. The van der Waals surface area contributed by atoms with E-state index in [1.165, 1.54) is 11.3 Å². The molecule has 3 rings (SSSR count). The molecule has 118 valence electrons. The number of nitrogens with one attached hydrogen (secondary N) is 1. The number of nitrogens with zero attached hydrogens (tertiary/aromatic N) is 1. The minimum Gasteiger partial charge on any atom is -0.383 e. The van der Waals surface area contributed by atoms with Crippen LogP contribution >= 0.6 is 11.3 Å². The number of thiazole rings is 1. The molecule has 0 fully saturated rings. The highest BCUT2D eigenvalue weighted by molar-refractivity contribution is 7.18. The third-order valence-electron chi connectivity index (χ3n) is 3.44. The van der Waals surface area contributed by atoms with Gasteiger partial charge in [-0.3, -0.25) is 4.79 Å². The largest absolute Gasteiger partial charge is 0.383 e. The van der Waals surface area contributed by atoms with Gasteiger partial charge in [0.1, 0.15) is 11.1 Å². The van der Waals surface area contributed by atoms with E-state index in [2.05, 4.69) is 10.3 Å². The Morgan fingerprint density at radius 3 is 2.52 bits per heavy atom. The maximum atomic E-state index is 12.0. The highest BCUT2D eigenvalue weighted by atomic mass is 32.1. The van der Waals surface area contributed by atoms with Crippen molar-refractivity contribution in [3.05, 3.63) is 65.2 Å². The van der Waals surface area contributed by atoms with Crippen molar-refractivity contribution in [3.8, 4) is 0 Å². The number of fused-ring (bicyclic) bond motifs is 1. The molecule has 0 bridgehead atoms. The summed E-state index contributed by atoms with van der Waals surface area (Å²) in [5, 5.41) is 23.2. The molecule has 2 atom stereocenters. The summed E-state index contributed by atoms with van der Waals surface area (Å²) in [5.74, 6) is -0.624. The van der Waals surface area contributed by atoms with E-state index >= 15 is 0 Å². The van der Waals surface area contributed by atoms with E-state index in [9.17, 15) is 15.0 Å². The number of carbonyl (C=O) groups is 1. The number of aliphatic hydroxyl groups is 2. The van der Waals surface area contributed by atoms with Crippen LogP contribution in [0.15, 0.2) is 54.6 Å². The van der Waals surface area contributed by atoms with Crippen molar-refractivity contribution in [2.75, 3.05) is 0 Å². The van der Waals surface area contributed by atoms with Gasteiger partial charge in [-0.25, -0.2) is 4.98 Å². The Labute approximate surface area is 137 Å². The topological polar surface area (TPSA) is 82.5 Å². The molecule has 1 heterocycles. The van der Waals surface area contributed by atoms with E-state index in [0.717, 1.165) is 15.8 Å². The number of hydrogen-bond donors (Lipinski definition) is 3. The lowest BCUT2D eigenvalue weighted by atomic mass is 10.2. The number of aromatic nitrogens is 1. The molecule has 2 unspecified atom stereocenters. The van der Waals surface area contributed by atoms with Gasteiger partial charge in [0.25, 0.3) is 5.91 Å². The zero-order valence-electron chi connectivity index (χ0n) is 12.2. The van der Waals surface area contributed by atoms with Gasteiger partial charge in [0.2, 0.25) is 0 Å². The molecule has 1 amide bonds. The van der Waals surface area contributed by atoms with Crippen molar-refractivity contribution in [3.63, 3.8) is 0 Å². The first kappa shape index (κ1) is 15.6. The van der Waals surface area contributed by atoms with Gasteiger partial charge in [0.05, 0.1) is 10.2 Å². The molecular formula is C17H16N2O3S. The molecule has 3 aromatic rings. The van der Waals surface area contributed by atoms with Crippen LogP contribution in [0.3, 0.4) is 0 Å². The SMILES string of the molecule is O=C(NCc1ccccc1)C(O)C(O)c1nc2ccccc2s1. The average molecular weight is 328 g/mol. The second-order valence-electron chi connectivity index (χ2n) is 5.11. The van der Waals surface area contributed by atoms with Crippen LogP contribution in [0.1, 0.15) is 16.7 Å². The maximum Gasteiger partial charge on any atom is 0.252 e. The Balaban J connectivity index is 1.66. The monoisotopic (exact) mass is 328 g/mol. The van der Waals surface area contributed by atoms with E-state index in [-0.39, 0.29) is 0 Å². The van der Waals surface area contributed by atoms with E-state index in [1.54, 1.807) is 0 Å². The lowest BCUT2D eigenvalue weighted by Gasteiger charge is -2.15. The van der Waals surface area contributed by atoms with Gasteiger partial charge in [-0.15, -0.1) is 11.3 Å². The van der Waals surface area contributed by atoms with Gasteiger partial charge >= 0.3 is 0 Å². The van der Waals surface area contributed by atoms with Gasteiger partial charge in [-0.2, -0.15) is 0 Å². The maximum absolute atomic E-state index is 12.0. The minimum absolute atomic E-state index is 0.295. The Bertz CT molecular complexity index is 771. The van der Waals surface area contributed by atoms with Crippen LogP contribution in [0, 0.1) is 0 Å². The standard InChI is InChI=1S/C17H16N2O3S/c20-14(16(22)18-10-11-6-2-1-3-7-11)15(21)17-19-12-8-4-5-9-13(12)23-17/h1-9,14-15,20-21H,10H2,(H,18,22). The number of carbonyl (C=O) groups excluding carboxylic acids is 1. The number of benzene rings is 2. The number of para-hydroxylation sites is 1. The van der Waals surface area contributed by atoms with Gasteiger partial charge in [-0.05, 0) is 17.7 Å². The second-order valence-corrected chi connectivity index (χ2v) is 6.18. The summed E-state index contributed by atoms with van der Waals surface area (Å²) < 4.78 is 0.901.